The van der Waals surface area contributed by atoms with Crippen molar-refractivity contribution in [3.05, 3.63) is 35.5 Å². The highest BCUT2D eigenvalue weighted by atomic mass is 16.6. The van der Waals surface area contributed by atoms with Crippen LogP contribution in [0.15, 0.2) is 24.4 Å². The Morgan fingerprint density at radius 3 is 2.74 bits per heavy atom. The van der Waals surface area contributed by atoms with Crippen molar-refractivity contribution in [3.63, 3.8) is 0 Å². The Kier molecular flexibility index (Phi) is 2.79. The zero-order valence-electron chi connectivity index (χ0n) is 10.5. The summed E-state index contributed by atoms with van der Waals surface area (Å²) in [5.41, 5.74) is 7.14. The Labute approximate surface area is 110 Å². The molecule has 2 heterocycles. The first-order valence-corrected chi connectivity index (χ1v) is 6.02. The number of aromatic nitrogens is 2. The van der Waals surface area contributed by atoms with Crippen molar-refractivity contribution in [2.24, 2.45) is 7.05 Å². The van der Waals surface area contributed by atoms with E-state index in [1.165, 1.54) is 4.68 Å². The summed E-state index contributed by atoms with van der Waals surface area (Å²) in [5, 5.41) is 14.4. The zero-order chi connectivity index (χ0) is 13.4. The molecule has 1 aromatic carbocycles. The van der Waals surface area contributed by atoms with E-state index in [4.69, 9.17) is 15.2 Å². The average Bonchev–Trinajstić information content (AvgIpc) is 2.78. The number of nitrogen functional groups attached to an aromatic ring is 1. The third-order valence-corrected chi connectivity index (χ3v) is 3.19. The second-order valence-corrected chi connectivity index (χ2v) is 4.41. The average molecular weight is 261 g/mol. The summed E-state index contributed by atoms with van der Waals surface area (Å²) in [6.45, 7) is 1.06. The topological polar surface area (TPSA) is 82.5 Å². The van der Waals surface area contributed by atoms with E-state index in [-0.39, 0.29) is 0 Å². The maximum atomic E-state index is 10.4. The van der Waals surface area contributed by atoms with Crippen LogP contribution in [0.25, 0.3) is 0 Å². The van der Waals surface area contributed by atoms with Gasteiger partial charge in [-0.25, -0.2) is 0 Å². The molecule has 0 saturated heterocycles. The summed E-state index contributed by atoms with van der Waals surface area (Å²) in [7, 11) is 1.73. The van der Waals surface area contributed by atoms with Crippen LogP contribution in [0.3, 0.4) is 0 Å². The van der Waals surface area contributed by atoms with Gasteiger partial charge in [0, 0.05) is 12.6 Å². The first-order chi connectivity index (χ1) is 9.16. The van der Waals surface area contributed by atoms with Crippen LogP contribution in [0.2, 0.25) is 0 Å². The van der Waals surface area contributed by atoms with Gasteiger partial charge in [-0.15, -0.1) is 0 Å². The van der Waals surface area contributed by atoms with Crippen molar-refractivity contribution >= 4 is 5.82 Å². The number of nitrogens with two attached hydrogens (primary N) is 1. The number of nitrogens with zero attached hydrogens (tertiary/aromatic N) is 2. The number of fused-ring (bicyclic) bond motifs is 1. The number of aliphatic hydroxyl groups is 1. The second-order valence-electron chi connectivity index (χ2n) is 4.41. The second kappa shape index (κ2) is 4.47. The molecule has 3 N–H and O–H groups in total. The van der Waals surface area contributed by atoms with E-state index < -0.39 is 6.10 Å². The first kappa shape index (κ1) is 11.9. The van der Waals surface area contributed by atoms with Gasteiger partial charge in [-0.05, 0) is 17.7 Å². The SMILES string of the molecule is Cn1ncc(C(O)c2ccc3c(c2)OCCO3)c1N. The van der Waals surface area contributed by atoms with Gasteiger partial charge in [0.05, 0.1) is 6.20 Å². The third-order valence-electron chi connectivity index (χ3n) is 3.19. The summed E-state index contributed by atoms with van der Waals surface area (Å²) in [6.07, 6.45) is 0.737. The monoisotopic (exact) mass is 261 g/mol. The van der Waals surface area contributed by atoms with Crippen LogP contribution in [0, 0.1) is 0 Å². The number of aryl methyl sites for hydroxylation is 1. The lowest BCUT2D eigenvalue weighted by atomic mass is 10.0. The third kappa shape index (κ3) is 2.00. The highest BCUT2D eigenvalue weighted by Crippen LogP contribution is 2.35. The molecule has 0 aliphatic carbocycles. The molecule has 3 rings (SSSR count). The molecule has 1 aromatic heterocycles. The molecule has 0 spiro atoms. The fourth-order valence-corrected chi connectivity index (χ4v) is 2.08. The molecular formula is C13H15N3O3. The largest absolute Gasteiger partial charge is 0.486 e. The molecule has 0 bridgehead atoms. The van der Waals surface area contributed by atoms with Crippen molar-refractivity contribution in [1.29, 1.82) is 0 Å². The molecular weight excluding hydrogens is 246 g/mol. The fraction of sp³-hybridized carbons (Fsp3) is 0.308. The number of hydrogen-bond donors (Lipinski definition) is 2. The van der Waals surface area contributed by atoms with E-state index in [1.54, 1.807) is 31.4 Å². The van der Waals surface area contributed by atoms with Crippen LogP contribution < -0.4 is 15.2 Å². The van der Waals surface area contributed by atoms with E-state index in [2.05, 4.69) is 5.10 Å². The Morgan fingerprint density at radius 1 is 1.32 bits per heavy atom. The predicted octanol–water partition coefficient (Wildman–Crippen LogP) is 0.855. The summed E-state index contributed by atoms with van der Waals surface area (Å²) < 4.78 is 12.5. The minimum Gasteiger partial charge on any atom is -0.486 e. The molecule has 19 heavy (non-hydrogen) atoms. The maximum Gasteiger partial charge on any atom is 0.161 e. The Hall–Kier alpha value is -2.21. The lowest BCUT2D eigenvalue weighted by Gasteiger charge is -2.20. The van der Waals surface area contributed by atoms with E-state index >= 15 is 0 Å². The summed E-state index contributed by atoms with van der Waals surface area (Å²) >= 11 is 0. The Balaban J connectivity index is 1.95. The van der Waals surface area contributed by atoms with E-state index in [0.717, 1.165) is 0 Å². The summed E-state index contributed by atoms with van der Waals surface area (Å²) in [6, 6.07) is 5.36. The minimum atomic E-state index is -0.829. The van der Waals surface area contributed by atoms with Crippen LogP contribution in [0.1, 0.15) is 17.2 Å². The molecule has 1 unspecified atom stereocenters. The highest BCUT2D eigenvalue weighted by molar-refractivity contribution is 5.49. The standard InChI is InChI=1S/C13H15N3O3/c1-16-13(14)9(7-15-16)12(17)8-2-3-10-11(6-8)19-5-4-18-10/h2-3,6-7,12,17H,4-5,14H2,1H3. The van der Waals surface area contributed by atoms with Crippen molar-refractivity contribution in [2.75, 3.05) is 18.9 Å². The number of aliphatic hydroxyl groups excluding tert-OH is 1. The molecule has 100 valence electrons. The van der Waals surface area contributed by atoms with Crippen molar-refractivity contribution in [2.45, 2.75) is 6.10 Å². The van der Waals surface area contributed by atoms with Crippen molar-refractivity contribution < 1.29 is 14.6 Å². The first-order valence-electron chi connectivity index (χ1n) is 6.02. The number of anilines is 1. The molecule has 0 amide bonds. The van der Waals surface area contributed by atoms with E-state index in [0.29, 0.717) is 41.7 Å². The number of hydrogen-bond acceptors (Lipinski definition) is 5. The van der Waals surface area contributed by atoms with Crippen LogP contribution >= 0.6 is 0 Å². The molecule has 1 aliphatic heterocycles. The molecule has 2 aromatic rings. The quantitative estimate of drug-likeness (QED) is 0.837. The van der Waals surface area contributed by atoms with Gasteiger partial charge in [0.15, 0.2) is 11.5 Å². The van der Waals surface area contributed by atoms with Crippen molar-refractivity contribution in [3.8, 4) is 11.5 Å². The van der Waals surface area contributed by atoms with Gasteiger partial charge >= 0.3 is 0 Å². The zero-order valence-corrected chi connectivity index (χ0v) is 10.5. The highest BCUT2D eigenvalue weighted by Gasteiger charge is 2.19. The minimum absolute atomic E-state index is 0.447. The fourth-order valence-electron chi connectivity index (χ4n) is 2.08. The molecule has 1 aliphatic rings. The maximum absolute atomic E-state index is 10.4. The van der Waals surface area contributed by atoms with Gasteiger partial charge in [-0.3, -0.25) is 4.68 Å². The molecule has 0 radical (unpaired) electrons. The number of rotatable bonds is 2. The summed E-state index contributed by atoms with van der Waals surface area (Å²) in [5.74, 6) is 1.79. The smallest absolute Gasteiger partial charge is 0.161 e. The molecule has 1 atom stereocenters. The van der Waals surface area contributed by atoms with Crippen LogP contribution in [-0.4, -0.2) is 28.1 Å². The molecule has 6 heteroatoms. The number of ether oxygens (including phenoxy) is 2. The summed E-state index contributed by atoms with van der Waals surface area (Å²) in [4.78, 5) is 0. The lowest BCUT2D eigenvalue weighted by Crippen LogP contribution is -2.15. The van der Waals surface area contributed by atoms with Crippen LogP contribution in [0.5, 0.6) is 11.5 Å². The Morgan fingerprint density at radius 2 is 2.05 bits per heavy atom. The van der Waals surface area contributed by atoms with Crippen LogP contribution in [-0.2, 0) is 7.05 Å². The molecule has 0 saturated carbocycles. The molecule has 6 nitrogen and oxygen atoms in total. The van der Waals surface area contributed by atoms with Gasteiger partial charge in [0.2, 0.25) is 0 Å². The normalized spacial score (nSPS) is 15.3. The van der Waals surface area contributed by atoms with Gasteiger partial charge in [-0.1, -0.05) is 6.07 Å². The van der Waals surface area contributed by atoms with Gasteiger partial charge in [0.1, 0.15) is 25.1 Å². The lowest BCUT2D eigenvalue weighted by molar-refractivity contribution is 0.169. The predicted molar refractivity (Wildman–Crippen MR) is 69.1 cm³/mol. The number of benzene rings is 1. The van der Waals surface area contributed by atoms with E-state index in [1.807, 2.05) is 0 Å². The van der Waals surface area contributed by atoms with E-state index in [9.17, 15) is 5.11 Å². The van der Waals surface area contributed by atoms with Gasteiger partial charge in [-0.2, -0.15) is 5.10 Å². The van der Waals surface area contributed by atoms with Crippen molar-refractivity contribution in [1.82, 2.24) is 9.78 Å². The van der Waals surface area contributed by atoms with Crippen LogP contribution in [0.4, 0.5) is 5.82 Å². The van der Waals surface area contributed by atoms with Gasteiger partial charge < -0.3 is 20.3 Å². The molecule has 0 fully saturated rings. The Bertz CT molecular complexity index is 609. The van der Waals surface area contributed by atoms with Gasteiger partial charge in [0.25, 0.3) is 0 Å².